The molecule has 0 unspecified atom stereocenters. The molecule has 0 atom stereocenters. The zero-order chi connectivity index (χ0) is 37.3. The van der Waals surface area contributed by atoms with E-state index in [1.54, 1.807) is 0 Å². The van der Waals surface area contributed by atoms with Crippen molar-refractivity contribution in [1.29, 1.82) is 0 Å². The Labute approximate surface area is 327 Å². The molecule has 0 N–H and O–H groups in total. The normalized spacial score (nSPS) is 11.2. The summed E-state index contributed by atoms with van der Waals surface area (Å²) in [6, 6.07) is 83.0. The van der Waals surface area contributed by atoms with Crippen LogP contribution in [0.3, 0.4) is 0 Å². The van der Waals surface area contributed by atoms with E-state index in [4.69, 9.17) is 0 Å². The molecular formula is C54H38N2. The highest BCUT2D eigenvalue weighted by molar-refractivity contribution is 6.17. The van der Waals surface area contributed by atoms with Crippen molar-refractivity contribution in [2.75, 3.05) is 4.90 Å². The Kier molecular flexibility index (Phi) is 8.55. The van der Waals surface area contributed by atoms with Crippen molar-refractivity contribution in [3.63, 3.8) is 0 Å². The second kappa shape index (κ2) is 14.4. The van der Waals surface area contributed by atoms with Gasteiger partial charge < -0.3 is 9.47 Å². The second-order valence-corrected chi connectivity index (χ2v) is 14.1. The van der Waals surface area contributed by atoms with E-state index in [1.165, 1.54) is 60.8 Å². The maximum atomic E-state index is 2.41. The van der Waals surface area contributed by atoms with Gasteiger partial charge in [-0.15, -0.1) is 0 Å². The zero-order valence-corrected chi connectivity index (χ0v) is 30.8. The van der Waals surface area contributed by atoms with E-state index in [2.05, 4.69) is 240 Å². The molecule has 0 aliphatic carbocycles. The van der Waals surface area contributed by atoms with Crippen molar-refractivity contribution >= 4 is 38.9 Å². The maximum absolute atomic E-state index is 2.41. The van der Waals surface area contributed by atoms with Crippen molar-refractivity contribution in [3.05, 3.63) is 231 Å². The lowest BCUT2D eigenvalue weighted by molar-refractivity contribution is 1.18. The minimum Gasteiger partial charge on any atom is -0.310 e. The van der Waals surface area contributed by atoms with Crippen LogP contribution < -0.4 is 4.90 Å². The van der Waals surface area contributed by atoms with Gasteiger partial charge in [-0.2, -0.15) is 0 Å². The Hall–Kier alpha value is -7.42. The number of anilines is 3. The summed E-state index contributed by atoms with van der Waals surface area (Å²) in [6.07, 6.45) is 0. The highest BCUT2D eigenvalue weighted by Crippen LogP contribution is 2.46. The zero-order valence-electron chi connectivity index (χ0n) is 30.8. The number of aromatic nitrogens is 1. The molecular weight excluding hydrogens is 677 g/mol. The van der Waals surface area contributed by atoms with Crippen LogP contribution in [0.5, 0.6) is 0 Å². The fraction of sp³-hybridized carbons (Fsp3) is 0. The van der Waals surface area contributed by atoms with Crippen molar-refractivity contribution in [3.8, 4) is 50.2 Å². The van der Waals surface area contributed by atoms with Crippen molar-refractivity contribution in [2.24, 2.45) is 0 Å². The van der Waals surface area contributed by atoms with Gasteiger partial charge in [0.25, 0.3) is 0 Å². The SMILES string of the molecule is c1ccc(-c2ccc(N(c3cccc(-c4ccccc4)c3)c3ccccc3-c3ccccc3-c3cccc4c3c3ccccc3n4-c3ccccc3)cc2)cc1. The lowest BCUT2D eigenvalue weighted by atomic mass is 9.90. The lowest BCUT2D eigenvalue weighted by Crippen LogP contribution is -2.11. The van der Waals surface area contributed by atoms with E-state index in [1.807, 2.05) is 0 Å². The average molecular weight is 715 g/mol. The van der Waals surface area contributed by atoms with Gasteiger partial charge in [0.15, 0.2) is 0 Å². The van der Waals surface area contributed by atoms with Crippen LogP contribution >= 0.6 is 0 Å². The van der Waals surface area contributed by atoms with Crippen LogP contribution in [0, 0.1) is 0 Å². The monoisotopic (exact) mass is 714 g/mol. The van der Waals surface area contributed by atoms with E-state index in [0.29, 0.717) is 0 Å². The Morgan fingerprint density at radius 2 is 0.804 bits per heavy atom. The molecule has 0 aliphatic rings. The number of fused-ring (bicyclic) bond motifs is 3. The third-order valence-electron chi connectivity index (χ3n) is 10.8. The fourth-order valence-electron chi connectivity index (χ4n) is 8.26. The summed E-state index contributed by atoms with van der Waals surface area (Å²) in [7, 11) is 0. The molecule has 264 valence electrons. The van der Waals surface area contributed by atoms with Gasteiger partial charge in [0, 0.05) is 33.4 Å². The van der Waals surface area contributed by atoms with Gasteiger partial charge in [-0.1, -0.05) is 176 Å². The molecule has 1 heterocycles. The number of benzene rings is 9. The first-order valence-electron chi connectivity index (χ1n) is 19.2. The van der Waals surface area contributed by atoms with Gasteiger partial charge in [-0.25, -0.2) is 0 Å². The molecule has 0 radical (unpaired) electrons. The van der Waals surface area contributed by atoms with Crippen molar-refractivity contribution in [1.82, 2.24) is 4.57 Å². The number of hydrogen-bond donors (Lipinski definition) is 0. The summed E-state index contributed by atoms with van der Waals surface area (Å²) >= 11 is 0. The summed E-state index contributed by atoms with van der Waals surface area (Å²) in [5.74, 6) is 0. The highest BCUT2D eigenvalue weighted by Gasteiger charge is 2.22. The summed E-state index contributed by atoms with van der Waals surface area (Å²) in [6.45, 7) is 0. The highest BCUT2D eigenvalue weighted by atomic mass is 15.1. The van der Waals surface area contributed by atoms with Crippen molar-refractivity contribution < 1.29 is 0 Å². The topological polar surface area (TPSA) is 8.17 Å². The molecule has 9 aromatic carbocycles. The van der Waals surface area contributed by atoms with Gasteiger partial charge in [-0.05, 0) is 93.5 Å². The van der Waals surface area contributed by atoms with Crippen LogP contribution in [0.25, 0.3) is 72.0 Å². The lowest BCUT2D eigenvalue weighted by Gasteiger charge is -2.29. The summed E-state index contributed by atoms with van der Waals surface area (Å²) in [4.78, 5) is 2.41. The van der Waals surface area contributed by atoms with E-state index in [0.717, 1.165) is 28.3 Å². The van der Waals surface area contributed by atoms with Crippen molar-refractivity contribution in [2.45, 2.75) is 0 Å². The minimum absolute atomic E-state index is 1.09. The van der Waals surface area contributed by atoms with Crippen LogP contribution in [0.2, 0.25) is 0 Å². The van der Waals surface area contributed by atoms with Crippen LogP contribution in [-0.2, 0) is 0 Å². The Bertz CT molecular complexity index is 2940. The van der Waals surface area contributed by atoms with Crippen LogP contribution in [-0.4, -0.2) is 4.57 Å². The molecule has 2 heteroatoms. The Morgan fingerprint density at radius 1 is 0.304 bits per heavy atom. The van der Waals surface area contributed by atoms with Gasteiger partial charge in [0.2, 0.25) is 0 Å². The molecule has 0 fully saturated rings. The Balaban J connectivity index is 1.18. The standard InChI is InChI=1S/C54H38N2/c1-4-18-39(19-5-1)41-34-36-44(37-35-41)55(45-25-16-22-42(38-45)40-20-6-2-7-21-40)51-31-14-12-28-48(51)46-26-10-11-27-47(46)49-30-17-33-53-54(49)50-29-13-15-32-52(50)56(53)43-23-8-3-9-24-43/h1-38H. The van der Waals surface area contributed by atoms with E-state index in [-0.39, 0.29) is 0 Å². The quantitative estimate of drug-likeness (QED) is 0.152. The van der Waals surface area contributed by atoms with Gasteiger partial charge in [-0.3, -0.25) is 0 Å². The van der Waals surface area contributed by atoms with Crippen LogP contribution in [0.1, 0.15) is 0 Å². The summed E-state index contributed by atoms with van der Waals surface area (Å²) < 4.78 is 2.39. The number of para-hydroxylation sites is 3. The number of nitrogens with zero attached hydrogens (tertiary/aromatic N) is 2. The summed E-state index contributed by atoms with van der Waals surface area (Å²) in [5.41, 5.74) is 16.3. The maximum Gasteiger partial charge on any atom is 0.0547 e. The first kappa shape index (κ1) is 33.2. The average Bonchev–Trinajstić information content (AvgIpc) is 3.63. The number of rotatable bonds is 8. The van der Waals surface area contributed by atoms with Gasteiger partial charge >= 0.3 is 0 Å². The molecule has 10 aromatic rings. The molecule has 56 heavy (non-hydrogen) atoms. The largest absolute Gasteiger partial charge is 0.310 e. The van der Waals surface area contributed by atoms with E-state index >= 15 is 0 Å². The third kappa shape index (κ3) is 5.95. The molecule has 0 saturated heterocycles. The predicted octanol–water partition coefficient (Wildman–Crippen LogP) is 14.9. The van der Waals surface area contributed by atoms with E-state index in [9.17, 15) is 0 Å². The second-order valence-electron chi connectivity index (χ2n) is 14.1. The molecule has 0 aliphatic heterocycles. The van der Waals surface area contributed by atoms with Gasteiger partial charge in [0.05, 0.1) is 16.7 Å². The molecule has 0 spiro atoms. The molecule has 0 amide bonds. The Morgan fingerprint density at radius 3 is 1.54 bits per heavy atom. The molecule has 1 aromatic heterocycles. The molecule has 0 bridgehead atoms. The van der Waals surface area contributed by atoms with Gasteiger partial charge in [0.1, 0.15) is 0 Å². The first-order valence-corrected chi connectivity index (χ1v) is 19.2. The molecule has 2 nitrogen and oxygen atoms in total. The van der Waals surface area contributed by atoms with E-state index < -0.39 is 0 Å². The predicted molar refractivity (Wildman–Crippen MR) is 237 cm³/mol. The minimum atomic E-state index is 1.09. The molecule has 10 rings (SSSR count). The van der Waals surface area contributed by atoms with Crippen LogP contribution in [0.15, 0.2) is 231 Å². The first-order chi connectivity index (χ1) is 27.8. The summed E-state index contributed by atoms with van der Waals surface area (Å²) in [5, 5.41) is 2.49. The molecule has 0 saturated carbocycles. The number of hydrogen-bond acceptors (Lipinski definition) is 1. The third-order valence-corrected chi connectivity index (χ3v) is 10.8. The fourth-order valence-corrected chi connectivity index (χ4v) is 8.26. The smallest absolute Gasteiger partial charge is 0.0547 e. The van der Waals surface area contributed by atoms with Crippen LogP contribution in [0.4, 0.5) is 17.1 Å².